The van der Waals surface area contributed by atoms with Crippen LogP contribution in [0.2, 0.25) is 0 Å². The Morgan fingerprint density at radius 2 is 1.65 bits per heavy atom. The minimum atomic E-state index is 0.161. The molecule has 0 amide bonds. The monoisotopic (exact) mass is 345 g/mol. The highest BCUT2D eigenvalue weighted by molar-refractivity contribution is 5.85. The molecule has 2 heteroatoms. The summed E-state index contributed by atoms with van der Waals surface area (Å²) in [6.07, 6.45) is 5.68. The normalized spacial score (nSPS) is 23.6. The summed E-state index contributed by atoms with van der Waals surface area (Å²) < 4.78 is 0. The van der Waals surface area contributed by atoms with E-state index in [9.17, 15) is 0 Å². The van der Waals surface area contributed by atoms with Crippen LogP contribution in [0.15, 0.2) is 54.6 Å². The molecule has 2 nitrogen and oxygen atoms in total. The van der Waals surface area contributed by atoms with Crippen molar-refractivity contribution in [3.63, 3.8) is 0 Å². The molecule has 1 fully saturated rings. The maximum atomic E-state index is 4.21. The number of H-pyrrole nitrogens is 1. The van der Waals surface area contributed by atoms with E-state index in [-0.39, 0.29) is 5.54 Å². The third-order valence-electron chi connectivity index (χ3n) is 6.48. The van der Waals surface area contributed by atoms with Crippen molar-refractivity contribution in [1.29, 1.82) is 0 Å². The number of hydrogen-bond acceptors (Lipinski definition) is 1. The third kappa shape index (κ3) is 2.77. The van der Waals surface area contributed by atoms with Gasteiger partial charge in [-0.2, -0.15) is 0 Å². The van der Waals surface area contributed by atoms with Crippen LogP contribution in [0.5, 0.6) is 0 Å². The van der Waals surface area contributed by atoms with E-state index in [1.807, 2.05) is 0 Å². The first-order valence-electron chi connectivity index (χ1n) is 9.77. The molecular weight excluding hydrogens is 316 g/mol. The van der Waals surface area contributed by atoms with E-state index < -0.39 is 0 Å². The summed E-state index contributed by atoms with van der Waals surface area (Å²) in [5, 5.41) is 1.35. The molecular formula is C24H29N2. The zero-order chi connectivity index (χ0) is 18.1. The highest BCUT2D eigenvalue weighted by Gasteiger charge is 2.39. The average Bonchev–Trinajstić information content (AvgIpc) is 3.07. The Kier molecular flexibility index (Phi) is 4.62. The van der Waals surface area contributed by atoms with Crippen LogP contribution in [0.1, 0.15) is 48.4 Å². The van der Waals surface area contributed by atoms with E-state index in [4.69, 9.17) is 0 Å². The number of benzene rings is 2. The molecule has 0 bridgehead atoms. The van der Waals surface area contributed by atoms with Crippen molar-refractivity contribution in [3.8, 4) is 0 Å². The van der Waals surface area contributed by atoms with Crippen LogP contribution in [-0.2, 0) is 12.0 Å². The van der Waals surface area contributed by atoms with Crippen LogP contribution < -0.4 is 0 Å². The van der Waals surface area contributed by atoms with Gasteiger partial charge in [-0.05, 0) is 76.2 Å². The zero-order valence-electron chi connectivity index (χ0n) is 16.0. The molecule has 0 spiro atoms. The molecule has 26 heavy (non-hydrogen) atoms. The van der Waals surface area contributed by atoms with Gasteiger partial charge in [0.25, 0.3) is 0 Å². The fourth-order valence-electron chi connectivity index (χ4n) is 4.97. The lowest BCUT2D eigenvalue weighted by Crippen LogP contribution is -2.44. The Bertz CT molecular complexity index is 868. The Balaban J connectivity index is 1.64. The van der Waals surface area contributed by atoms with E-state index in [0.717, 1.165) is 6.42 Å². The van der Waals surface area contributed by atoms with E-state index >= 15 is 0 Å². The van der Waals surface area contributed by atoms with Crippen LogP contribution in [0.3, 0.4) is 0 Å². The molecule has 2 aromatic carbocycles. The lowest BCUT2D eigenvalue weighted by molar-refractivity contribution is 0.0904. The zero-order valence-corrected chi connectivity index (χ0v) is 16.0. The molecule has 0 atom stereocenters. The van der Waals surface area contributed by atoms with Crippen molar-refractivity contribution in [1.82, 2.24) is 9.88 Å². The standard InChI is InChI=1S/C24H29N2/c1-4-20-21-12-8-9-13-22(21)25-23(20)18-14-16-24(17-15-18,26(2)3)19-10-6-5-7-11-19/h5-13,18,25H,1,4,14-17H2,2-3H3. The van der Waals surface area contributed by atoms with Gasteiger partial charge in [-0.25, -0.2) is 0 Å². The number of fused-ring (bicyclic) bond motifs is 1. The van der Waals surface area contributed by atoms with Crippen molar-refractivity contribution in [2.75, 3.05) is 14.1 Å². The SMILES string of the molecule is [CH2]Cc1c(C2CCC(c3ccccc3)(N(C)C)CC2)[nH]c2ccccc12. The van der Waals surface area contributed by atoms with E-state index in [1.165, 1.54) is 53.4 Å². The number of rotatable bonds is 4. The van der Waals surface area contributed by atoms with Gasteiger partial charge in [-0.15, -0.1) is 0 Å². The van der Waals surface area contributed by atoms with E-state index in [2.05, 4.69) is 85.5 Å². The highest BCUT2D eigenvalue weighted by atomic mass is 15.1. The lowest BCUT2D eigenvalue weighted by atomic mass is 9.70. The summed E-state index contributed by atoms with van der Waals surface area (Å²) in [4.78, 5) is 6.16. The molecule has 1 radical (unpaired) electrons. The molecule has 1 heterocycles. The van der Waals surface area contributed by atoms with Crippen LogP contribution in [0, 0.1) is 6.92 Å². The first-order valence-corrected chi connectivity index (χ1v) is 9.77. The summed E-state index contributed by atoms with van der Waals surface area (Å²) in [6, 6.07) is 19.7. The summed E-state index contributed by atoms with van der Waals surface area (Å²) in [7, 11) is 4.47. The van der Waals surface area contributed by atoms with Crippen molar-refractivity contribution in [2.24, 2.45) is 0 Å². The van der Waals surface area contributed by atoms with Crippen molar-refractivity contribution in [2.45, 2.75) is 43.6 Å². The molecule has 1 saturated carbocycles. The molecule has 0 aliphatic heterocycles. The number of aromatic amines is 1. The fourth-order valence-corrected chi connectivity index (χ4v) is 4.97. The molecule has 1 aliphatic rings. The Labute approximate surface area is 157 Å². The molecule has 1 N–H and O–H groups in total. The molecule has 135 valence electrons. The van der Waals surface area contributed by atoms with Gasteiger partial charge in [-0.3, -0.25) is 4.90 Å². The Morgan fingerprint density at radius 3 is 2.31 bits per heavy atom. The summed E-state index contributed by atoms with van der Waals surface area (Å²) >= 11 is 0. The predicted octanol–water partition coefficient (Wildman–Crippen LogP) is 5.66. The molecule has 0 saturated heterocycles. The molecule has 1 aromatic heterocycles. The third-order valence-corrected chi connectivity index (χ3v) is 6.48. The predicted molar refractivity (Wildman–Crippen MR) is 110 cm³/mol. The fraction of sp³-hybridized carbons (Fsp3) is 0.375. The van der Waals surface area contributed by atoms with Crippen LogP contribution in [-0.4, -0.2) is 24.0 Å². The second-order valence-electron chi connectivity index (χ2n) is 7.88. The summed E-state index contributed by atoms with van der Waals surface area (Å²) in [6.45, 7) is 4.21. The number of para-hydroxylation sites is 1. The topological polar surface area (TPSA) is 19.0 Å². The maximum absolute atomic E-state index is 4.21. The van der Waals surface area contributed by atoms with Gasteiger partial charge in [0.15, 0.2) is 0 Å². The van der Waals surface area contributed by atoms with Crippen molar-refractivity contribution >= 4 is 10.9 Å². The van der Waals surface area contributed by atoms with Crippen molar-refractivity contribution < 1.29 is 0 Å². The number of nitrogens with zero attached hydrogens (tertiary/aromatic N) is 1. The van der Waals surface area contributed by atoms with Crippen LogP contribution in [0.4, 0.5) is 0 Å². The maximum Gasteiger partial charge on any atom is 0.0459 e. The lowest BCUT2D eigenvalue weighted by Gasteiger charge is -2.45. The van der Waals surface area contributed by atoms with Gasteiger partial charge < -0.3 is 4.98 Å². The van der Waals surface area contributed by atoms with Crippen molar-refractivity contribution in [3.05, 3.63) is 78.3 Å². The first kappa shape index (κ1) is 17.4. The number of aromatic nitrogens is 1. The van der Waals surface area contributed by atoms with E-state index in [0.29, 0.717) is 5.92 Å². The molecule has 1 aliphatic carbocycles. The quantitative estimate of drug-likeness (QED) is 0.646. The largest absolute Gasteiger partial charge is 0.358 e. The smallest absolute Gasteiger partial charge is 0.0459 e. The van der Waals surface area contributed by atoms with Gasteiger partial charge in [0.1, 0.15) is 0 Å². The number of nitrogens with one attached hydrogen (secondary N) is 1. The minimum absolute atomic E-state index is 0.161. The van der Waals surface area contributed by atoms with Gasteiger partial charge in [-0.1, -0.05) is 48.5 Å². The second kappa shape index (κ2) is 6.92. The Hall–Kier alpha value is -2.06. The molecule has 0 unspecified atom stereocenters. The number of hydrogen-bond donors (Lipinski definition) is 1. The highest BCUT2D eigenvalue weighted by Crippen LogP contribution is 2.47. The van der Waals surface area contributed by atoms with Gasteiger partial charge in [0.05, 0.1) is 0 Å². The summed E-state index contributed by atoms with van der Waals surface area (Å²) in [5.41, 5.74) is 5.73. The van der Waals surface area contributed by atoms with Gasteiger partial charge >= 0.3 is 0 Å². The first-order chi connectivity index (χ1) is 12.7. The molecule has 3 aromatic rings. The second-order valence-corrected chi connectivity index (χ2v) is 7.88. The van der Waals surface area contributed by atoms with Crippen LogP contribution >= 0.6 is 0 Å². The average molecular weight is 346 g/mol. The molecule has 4 rings (SSSR count). The van der Waals surface area contributed by atoms with Gasteiger partial charge in [0, 0.05) is 22.1 Å². The van der Waals surface area contributed by atoms with Gasteiger partial charge in [0.2, 0.25) is 0 Å². The van der Waals surface area contributed by atoms with E-state index in [1.54, 1.807) is 0 Å². The summed E-state index contributed by atoms with van der Waals surface area (Å²) in [5.74, 6) is 0.607. The minimum Gasteiger partial charge on any atom is -0.358 e. The Morgan fingerprint density at radius 1 is 1.00 bits per heavy atom. The van der Waals surface area contributed by atoms with Crippen LogP contribution in [0.25, 0.3) is 10.9 Å².